The number of aromatic nitrogens is 1. The van der Waals surface area contributed by atoms with E-state index >= 15 is 0 Å². The molecule has 0 aliphatic carbocycles. The number of fused-ring (bicyclic) bond motifs is 2. The highest BCUT2D eigenvalue weighted by Gasteiger charge is 2.44. The predicted molar refractivity (Wildman–Crippen MR) is 193 cm³/mol. The number of rotatable bonds is 9. The number of carbonyl (C=O) groups is 4. The van der Waals surface area contributed by atoms with Crippen LogP contribution in [-0.2, 0) is 40.3 Å². The SMILES string of the molecule is CCC1(C(=O)N(CC(=O)Nc2ccc3c(c2)CC(=O)Nc2ncccc2C3)Cc2ccccc2CNC)CCN(C(=O)N2CCCCC2)CC1. The summed E-state index contributed by atoms with van der Waals surface area (Å²) in [7, 11) is 1.89. The summed E-state index contributed by atoms with van der Waals surface area (Å²) in [5, 5.41) is 9.12. The Labute approximate surface area is 294 Å². The molecule has 3 N–H and O–H groups in total. The zero-order valence-corrected chi connectivity index (χ0v) is 29.3. The van der Waals surface area contributed by atoms with Crippen LogP contribution in [0.25, 0.3) is 0 Å². The van der Waals surface area contributed by atoms with Gasteiger partial charge in [-0.05, 0) is 91.6 Å². The maximum Gasteiger partial charge on any atom is 0.319 e. The first-order chi connectivity index (χ1) is 24.3. The van der Waals surface area contributed by atoms with Gasteiger partial charge in [0.05, 0.1) is 11.8 Å². The second-order valence-electron chi connectivity index (χ2n) is 13.9. The minimum atomic E-state index is -0.669. The molecule has 11 nitrogen and oxygen atoms in total. The standard InChI is InChI=1S/C39H49N7O4/c1-3-39(15-20-45(21-16-39)38(50)44-18-7-4-8-19-44)37(49)46(26-31-11-6-5-10-30(31)25-40-2)27-35(48)42-33-14-13-28-22-29-12-9-17-41-36(29)43-34(47)24-32(28)23-33/h5-6,9-14,17,23,40H,3-4,7-8,15-16,18-22,24-27H2,1-2H3,(H,42,48)(H,41,43,47). The molecule has 6 rings (SSSR count). The maximum absolute atomic E-state index is 14.7. The van der Waals surface area contributed by atoms with Crippen molar-refractivity contribution in [1.29, 1.82) is 0 Å². The Morgan fingerprint density at radius 1 is 0.880 bits per heavy atom. The first-order valence-corrected chi connectivity index (χ1v) is 18.0. The molecule has 0 spiro atoms. The Bertz CT molecular complexity index is 1710. The number of piperidine rings is 2. The van der Waals surface area contributed by atoms with E-state index in [2.05, 4.69) is 20.9 Å². The van der Waals surface area contributed by atoms with Crippen LogP contribution in [0.3, 0.4) is 0 Å². The summed E-state index contributed by atoms with van der Waals surface area (Å²) in [6.07, 6.45) is 7.42. The Morgan fingerprint density at radius 2 is 1.62 bits per heavy atom. The second-order valence-corrected chi connectivity index (χ2v) is 13.9. The monoisotopic (exact) mass is 679 g/mol. The van der Waals surface area contributed by atoms with Crippen molar-refractivity contribution in [2.75, 3.05) is 50.4 Å². The molecule has 5 amide bonds. The first-order valence-electron chi connectivity index (χ1n) is 18.0. The maximum atomic E-state index is 14.7. The number of benzene rings is 2. The zero-order valence-electron chi connectivity index (χ0n) is 29.3. The normalized spacial score (nSPS) is 17.0. The van der Waals surface area contributed by atoms with Crippen LogP contribution in [-0.4, -0.2) is 83.2 Å². The van der Waals surface area contributed by atoms with Gasteiger partial charge in [-0.3, -0.25) is 14.4 Å². The number of likely N-dealkylation sites (tertiary alicyclic amines) is 2. The fraction of sp³-hybridized carbons (Fsp3) is 0.462. The van der Waals surface area contributed by atoms with Gasteiger partial charge in [-0.1, -0.05) is 43.3 Å². The first kappa shape index (κ1) is 35.1. The smallest absolute Gasteiger partial charge is 0.319 e. The molecule has 0 saturated carbocycles. The summed E-state index contributed by atoms with van der Waals surface area (Å²) in [6, 6.07) is 17.5. The van der Waals surface area contributed by atoms with Gasteiger partial charge < -0.3 is 30.7 Å². The lowest BCUT2D eigenvalue weighted by molar-refractivity contribution is -0.147. The van der Waals surface area contributed by atoms with E-state index in [9.17, 15) is 19.2 Å². The van der Waals surface area contributed by atoms with Crippen LogP contribution in [0.1, 0.15) is 73.3 Å². The third kappa shape index (κ3) is 7.99. The molecule has 0 radical (unpaired) electrons. The van der Waals surface area contributed by atoms with Crippen molar-refractivity contribution in [3.8, 4) is 0 Å². The molecule has 2 aromatic carbocycles. The summed E-state index contributed by atoms with van der Waals surface area (Å²) in [4.78, 5) is 64.4. The number of carbonyl (C=O) groups excluding carboxylic acids is 4. The highest BCUT2D eigenvalue weighted by atomic mass is 16.2. The van der Waals surface area contributed by atoms with Crippen molar-refractivity contribution < 1.29 is 19.2 Å². The topological polar surface area (TPSA) is 127 Å². The van der Waals surface area contributed by atoms with E-state index in [0.717, 1.165) is 60.2 Å². The molecule has 50 heavy (non-hydrogen) atoms. The Morgan fingerprint density at radius 3 is 2.36 bits per heavy atom. The molecule has 3 aliphatic rings. The van der Waals surface area contributed by atoms with Crippen molar-refractivity contribution in [3.63, 3.8) is 0 Å². The van der Waals surface area contributed by atoms with Crippen LogP contribution >= 0.6 is 0 Å². The summed E-state index contributed by atoms with van der Waals surface area (Å²) in [6.45, 7) is 5.48. The predicted octanol–water partition coefficient (Wildman–Crippen LogP) is 4.95. The van der Waals surface area contributed by atoms with Crippen molar-refractivity contribution in [3.05, 3.63) is 88.6 Å². The van der Waals surface area contributed by atoms with Gasteiger partial charge in [0.15, 0.2) is 0 Å². The molecule has 1 aromatic heterocycles. The number of urea groups is 1. The van der Waals surface area contributed by atoms with Gasteiger partial charge in [0.2, 0.25) is 17.7 Å². The third-order valence-corrected chi connectivity index (χ3v) is 10.6. The van der Waals surface area contributed by atoms with E-state index < -0.39 is 5.41 Å². The second kappa shape index (κ2) is 15.8. The van der Waals surface area contributed by atoms with Crippen molar-refractivity contribution in [1.82, 2.24) is 25.0 Å². The van der Waals surface area contributed by atoms with Gasteiger partial charge >= 0.3 is 6.03 Å². The van der Waals surface area contributed by atoms with Crippen LogP contribution < -0.4 is 16.0 Å². The van der Waals surface area contributed by atoms with Gasteiger partial charge in [0, 0.05) is 57.6 Å². The Balaban J connectivity index is 1.20. The van der Waals surface area contributed by atoms with Crippen LogP contribution in [0.5, 0.6) is 0 Å². The largest absolute Gasteiger partial charge is 0.329 e. The van der Waals surface area contributed by atoms with Crippen LogP contribution in [0.2, 0.25) is 0 Å². The van der Waals surface area contributed by atoms with Crippen molar-refractivity contribution >= 4 is 35.3 Å². The van der Waals surface area contributed by atoms with Crippen molar-refractivity contribution in [2.45, 2.75) is 71.4 Å². The summed E-state index contributed by atoms with van der Waals surface area (Å²) in [5.74, 6) is 0.0467. The fourth-order valence-electron chi connectivity index (χ4n) is 7.61. The number of nitrogens with one attached hydrogen (secondary N) is 3. The quantitative estimate of drug-likeness (QED) is 0.294. The molecule has 3 aromatic rings. The summed E-state index contributed by atoms with van der Waals surface area (Å²) in [5.41, 5.74) is 4.72. The zero-order chi connectivity index (χ0) is 35.1. The number of anilines is 2. The fourth-order valence-corrected chi connectivity index (χ4v) is 7.61. The molecule has 3 aliphatic heterocycles. The molecule has 0 atom stereocenters. The molecule has 0 unspecified atom stereocenters. The van der Waals surface area contributed by atoms with Crippen LogP contribution in [0, 0.1) is 5.41 Å². The molecule has 2 fully saturated rings. The van der Waals surface area contributed by atoms with Gasteiger partial charge in [0.25, 0.3) is 0 Å². The van der Waals surface area contributed by atoms with Gasteiger partial charge in [-0.25, -0.2) is 9.78 Å². The van der Waals surface area contributed by atoms with E-state index in [1.54, 1.807) is 11.1 Å². The van der Waals surface area contributed by atoms with E-state index in [1.165, 1.54) is 0 Å². The number of amides is 5. The molecular formula is C39H49N7O4. The molecule has 4 heterocycles. The molecule has 264 valence electrons. The van der Waals surface area contributed by atoms with E-state index in [0.29, 0.717) is 63.4 Å². The number of pyridine rings is 1. The lowest BCUT2D eigenvalue weighted by atomic mass is 9.74. The average Bonchev–Trinajstić information content (AvgIpc) is 3.13. The lowest BCUT2D eigenvalue weighted by Crippen LogP contribution is -2.54. The van der Waals surface area contributed by atoms with Gasteiger partial charge in [0.1, 0.15) is 12.4 Å². The Kier molecular flexibility index (Phi) is 11.1. The third-order valence-electron chi connectivity index (χ3n) is 10.6. The van der Waals surface area contributed by atoms with Gasteiger partial charge in [-0.15, -0.1) is 0 Å². The average molecular weight is 680 g/mol. The van der Waals surface area contributed by atoms with Crippen LogP contribution in [0.15, 0.2) is 60.8 Å². The highest BCUT2D eigenvalue weighted by Crippen LogP contribution is 2.38. The Hall–Kier alpha value is -4.77. The minimum Gasteiger partial charge on any atom is -0.329 e. The number of nitrogens with zero attached hydrogens (tertiary/aromatic N) is 4. The van der Waals surface area contributed by atoms with E-state index in [4.69, 9.17) is 0 Å². The number of hydrogen-bond acceptors (Lipinski definition) is 6. The van der Waals surface area contributed by atoms with E-state index in [1.807, 2.05) is 78.4 Å². The lowest BCUT2D eigenvalue weighted by Gasteiger charge is -2.44. The molecule has 0 bridgehead atoms. The molecular weight excluding hydrogens is 630 g/mol. The highest BCUT2D eigenvalue weighted by molar-refractivity contribution is 5.96. The summed E-state index contributed by atoms with van der Waals surface area (Å²) >= 11 is 0. The summed E-state index contributed by atoms with van der Waals surface area (Å²) < 4.78 is 0. The molecule has 2 saturated heterocycles. The minimum absolute atomic E-state index is 0.0541. The van der Waals surface area contributed by atoms with Crippen molar-refractivity contribution in [2.24, 2.45) is 5.41 Å². The van der Waals surface area contributed by atoms with Crippen LogP contribution in [0.4, 0.5) is 16.3 Å². The van der Waals surface area contributed by atoms with Gasteiger partial charge in [-0.2, -0.15) is 0 Å². The number of hydrogen-bond donors (Lipinski definition) is 3. The van der Waals surface area contributed by atoms with E-state index in [-0.39, 0.29) is 36.7 Å². The molecule has 11 heteroatoms.